The summed E-state index contributed by atoms with van der Waals surface area (Å²) in [6.07, 6.45) is 5.74. The molecule has 2 heterocycles. The number of amides is 2. The van der Waals surface area contributed by atoms with Gasteiger partial charge in [-0.15, -0.1) is 0 Å². The van der Waals surface area contributed by atoms with E-state index in [-0.39, 0.29) is 6.04 Å². The Morgan fingerprint density at radius 1 is 0.943 bits per heavy atom. The van der Waals surface area contributed by atoms with Gasteiger partial charge < -0.3 is 25.0 Å². The summed E-state index contributed by atoms with van der Waals surface area (Å²) in [6, 6.07) is 11.7. The second kappa shape index (κ2) is 11.4. The number of carbonyl (C=O) groups excluding carboxylic acids is 2. The van der Waals surface area contributed by atoms with Crippen LogP contribution in [0.1, 0.15) is 42.9 Å². The molecule has 0 aromatic heterocycles. The van der Waals surface area contributed by atoms with Gasteiger partial charge >= 0.3 is 11.8 Å². The predicted octanol–water partition coefficient (Wildman–Crippen LogP) is 3.37. The Kier molecular flexibility index (Phi) is 8.13. The minimum absolute atomic E-state index is 0.0240. The van der Waals surface area contributed by atoms with Crippen molar-refractivity contribution in [2.45, 2.75) is 38.1 Å². The Bertz CT molecular complexity index is 1050. The Labute approximate surface area is 207 Å². The predicted molar refractivity (Wildman–Crippen MR) is 137 cm³/mol. The molecule has 0 unspecified atom stereocenters. The molecule has 2 N–H and O–H groups in total. The zero-order valence-electron chi connectivity index (χ0n) is 20.9. The molecule has 2 aliphatic heterocycles. The van der Waals surface area contributed by atoms with Gasteiger partial charge in [0.25, 0.3) is 0 Å². The van der Waals surface area contributed by atoms with Gasteiger partial charge in [0.1, 0.15) is 11.5 Å². The third-order valence-electron chi connectivity index (χ3n) is 6.99. The Morgan fingerprint density at radius 3 is 2.49 bits per heavy atom. The van der Waals surface area contributed by atoms with E-state index in [1.54, 1.807) is 25.3 Å². The maximum atomic E-state index is 12.8. The number of carbonyl (C=O) groups is 2. The van der Waals surface area contributed by atoms with Crippen molar-refractivity contribution in [3.8, 4) is 11.5 Å². The highest BCUT2D eigenvalue weighted by Gasteiger charge is 2.26. The molecule has 35 heavy (non-hydrogen) atoms. The highest BCUT2D eigenvalue weighted by molar-refractivity contribution is 6.39. The number of anilines is 2. The fourth-order valence-electron chi connectivity index (χ4n) is 5.06. The largest absolute Gasteiger partial charge is 0.497 e. The maximum Gasteiger partial charge on any atom is 0.313 e. The SMILES string of the molecule is COc1ccc(OC)c(NC(=O)C(=O)NC[C@@H](c2ccc3c(c2)CCCN3C)N2CCCCC2)c1. The average molecular weight is 481 g/mol. The second-order valence-electron chi connectivity index (χ2n) is 9.26. The van der Waals surface area contributed by atoms with E-state index in [9.17, 15) is 9.59 Å². The smallest absolute Gasteiger partial charge is 0.313 e. The third-order valence-corrected chi connectivity index (χ3v) is 6.99. The molecule has 0 saturated carbocycles. The topological polar surface area (TPSA) is 83.1 Å². The van der Waals surface area contributed by atoms with E-state index in [0.29, 0.717) is 23.7 Å². The molecule has 2 aliphatic rings. The Hall–Kier alpha value is -3.26. The average Bonchev–Trinajstić information content (AvgIpc) is 2.89. The number of methoxy groups -OCH3 is 2. The summed E-state index contributed by atoms with van der Waals surface area (Å²) >= 11 is 0. The Balaban J connectivity index is 1.47. The molecular formula is C27H36N4O4. The normalized spacial score (nSPS) is 16.7. The van der Waals surface area contributed by atoms with Gasteiger partial charge in [-0.2, -0.15) is 0 Å². The van der Waals surface area contributed by atoms with Crippen molar-refractivity contribution in [1.29, 1.82) is 0 Å². The number of likely N-dealkylation sites (tertiary alicyclic amines) is 1. The monoisotopic (exact) mass is 480 g/mol. The van der Waals surface area contributed by atoms with Crippen molar-refractivity contribution in [3.05, 3.63) is 47.5 Å². The van der Waals surface area contributed by atoms with Crippen molar-refractivity contribution in [2.24, 2.45) is 0 Å². The lowest BCUT2D eigenvalue weighted by Crippen LogP contribution is -2.43. The molecule has 0 spiro atoms. The van der Waals surface area contributed by atoms with Gasteiger partial charge in [0.05, 0.1) is 25.9 Å². The summed E-state index contributed by atoms with van der Waals surface area (Å²) in [5.41, 5.74) is 4.22. The molecule has 0 bridgehead atoms. The van der Waals surface area contributed by atoms with Crippen LogP contribution in [-0.2, 0) is 16.0 Å². The number of aryl methyl sites for hydroxylation is 1. The van der Waals surface area contributed by atoms with E-state index < -0.39 is 11.8 Å². The summed E-state index contributed by atoms with van der Waals surface area (Å²) in [5, 5.41) is 5.53. The maximum absolute atomic E-state index is 12.8. The van der Waals surface area contributed by atoms with Crippen LogP contribution in [0, 0.1) is 0 Å². The third kappa shape index (κ3) is 5.88. The number of ether oxygens (including phenoxy) is 2. The van der Waals surface area contributed by atoms with Gasteiger partial charge in [-0.1, -0.05) is 18.6 Å². The first-order valence-electron chi connectivity index (χ1n) is 12.4. The van der Waals surface area contributed by atoms with Crippen molar-refractivity contribution in [3.63, 3.8) is 0 Å². The van der Waals surface area contributed by atoms with Gasteiger partial charge in [0.2, 0.25) is 0 Å². The lowest BCUT2D eigenvalue weighted by Gasteiger charge is -2.36. The summed E-state index contributed by atoms with van der Waals surface area (Å²) in [5.74, 6) is -0.391. The van der Waals surface area contributed by atoms with Crippen LogP contribution in [0.4, 0.5) is 11.4 Å². The van der Waals surface area contributed by atoms with E-state index >= 15 is 0 Å². The molecule has 188 valence electrons. The fourth-order valence-corrected chi connectivity index (χ4v) is 5.06. The Morgan fingerprint density at radius 2 is 1.74 bits per heavy atom. The standard InChI is InChI=1S/C27H36N4O4/c1-30-13-7-8-19-16-20(9-11-23(19)30)24(31-14-5-4-6-15-31)18-28-26(32)27(33)29-22-17-21(34-2)10-12-25(22)35-3/h9-12,16-17,24H,4-8,13-15,18H2,1-3H3,(H,28,32)(H,29,33)/t24-/m0/s1. The quantitative estimate of drug-likeness (QED) is 0.592. The van der Waals surface area contributed by atoms with E-state index in [1.807, 2.05) is 0 Å². The first-order chi connectivity index (χ1) is 17.0. The summed E-state index contributed by atoms with van der Waals surface area (Å²) in [7, 11) is 5.19. The van der Waals surface area contributed by atoms with Crippen molar-refractivity contribution in [2.75, 3.05) is 57.7 Å². The van der Waals surface area contributed by atoms with Crippen molar-refractivity contribution < 1.29 is 19.1 Å². The lowest BCUT2D eigenvalue weighted by molar-refractivity contribution is -0.136. The van der Waals surface area contributed by atoms with Crippen LogP contribution in [0.5, 0.6) is 11.5 Å². The fraction of sp³-hybridized carbons (Fsp3) is 0.481. The number of hydrogen-bond donors (Lipinski definition) is 2. The molecule has 4 rings (SSSR count). The highest BCUT2D eigenvalue weighted by Crippen LogP contribution is 2.32. The zero-order chi connectivity index (χ0) is 24.8. The van der Waals surface area contributed by atoms with Crippen LogP contribution in [0.25, 0.3) is 0 Å². The van der Waals surface area contributed by atoms with Crippen LogP contribution in [-0.4, -0.2) is 64.2 Å². The zero-order valence-corrected chi connectivity index (χ0v) is 20.9. The molecule has 1 atom stereocenters. The van der Waals surface area contributed by atoms with Crippen LogP contribution >= 0.6 is 0 Å². The molecule has 8 heteroatoms. The minimum Gasteiger partial charge on any atom is -0.497 e. The van der Waals surface area contributed by atoms with Gasteiger partial charge in [0, 0.05) is 31.9 Å². The van der Waals surface area contributed by atoms with Crippen molar-refractivity contribution >= 4 is 23.2 Å². The van der Waals surface area contributed by atoms with E-state index in [2.05, 4.69) is 45.7 Å². The molecule has 0 aliphatic carbocycles. The molecule has 0 radical (unpaired) electrons. The minimum atomic E-state index is -0.735. The first-order valence-corrected chi connectivity index (χ1v) is 12.4. The number of nitrogens with zero attached hydrogens (tertiary/aromatic N) is 2. The van der Waals surface area contributed by atoms with E-state index in [0.717, 1.165) is 45.3 Å². The summed E-state index contributed by atoms with van der Waals surface area (Å²) < 4.78 is 10.5. The van der Waals surface area contributed by atoms with Crippen LogP contribution < -0.4 is 25.0 Å². The van der Waals surface area contributed by atoms with Gasteiger partial charge in [-0.3, -0.25) is 14.5 Å². The van der Waals surface area contributed by atoms with E-state index in [1.165, 1.54) is 30.3 Å². The van der Waals surface area contributed by atoms with Crippen LogP contribution in [0.15, 0.2) is 36.4 Å². The second-order valence-corrected chi connectivity index (χ2v) is 9.26. The van der Waals surface area contributed by atoms with Gasteiger partial charge in [0.15, 0.2) is 0 Å². The van der Waals surface area contributed by atoms with Crippen LogP contribution in [0.2, 0.25) is 0 Å². The lowest BCUT2D eigenvalue weighted by atomic mass is 9.95. The molecule has 2 aromatic rings. The first kappa shape index (κ1) is 24.9. The number of fused-ring (bicyclic) bond motifs is 1. The number of piperidine rings is 1. The molecule has 2 amide bonds. The number of rotatable bonds is 7. The summed E-state index contributed by atoms with van der Waals surface area (Å²) in [6.45, 7) is 3.43. The molecule has 1 fully saturated rings. The molecule has 1 saturated heterocycles. The number of benzene rings is 2. The number of hydrogen-bond acceptors (Lipinski definition) is 6. The van der Waals surface area contributed by atoms with Crippen LogP contribution in [0.3, 0.4) is 0 Å². The van der Waals surface area contributed by atoms with Gasteiger partial charge in [-0.05, 0) is 68.1 Å². The summed E-state index contributed by atoms with van der Waals surface area (Å²) in [4.78, 5) is 30.2. The number of nitrogens with one attached hydrogen (secondary N) is 2. The van der Waals surface area contributed by atoms with Crippen molar-refractivity contribution in [1.82, 2.24) is 10.2 Å². The highest BCUT2D eigenvalue weighted by atomic mass is 16.5. The molecule has 8 nitrogen and oxygen atoms in total. The molecule has 2 aromatic carbocycles. The van der Waals surface area contributed by atoms with Gasteiger partial charge in [-0.25, -0.2) is 0 Å². The molecular weight excluding hydrogens is 444 g/mol. The van der Waals surface area contributed by atoms with E-state index in [4.69, 9.17) is 9.47 Å².